The molecule has 0 spiro atoms. The Morgan fingerprint density at radius 3 is 1.40 bits per heavy atom. The van der Waals surface area contributed by atoms with Gasteiger partial charge in [-0.2, -0.15) is 0 Å². The minimum Gasteiger partial charge on any atom is -0.367 e. The first-order chi connectivity index (χ1) is 15.6. The fourth-order valence-corrected chi connectivity index (χ4v) is 7.55. The third kappa shape index (κ3) is 9.43. The van der Waals surface area contributed by atoms with E-state index in [1.807, 2.05) is 0 Å². The second-order valence-corrected chi connectivity index (χ2v) is 15.9. The van der Waals surface area contributed by atoms with Gasteiger partial charge < -0.3 is 44.3 Å². The molecule has 35 heavy (non-hydrogen) atoms. The van der Waals surface area contributed by atoms with Crippen molar-refractivity contribution in [2.24, 2.45) is 0 Å². The van der Waals surface area contributed by atoms with Crippen molar-refractivity contribution in [1.29, 1.82) is 0 Å². The molecule has 13 nitrogen and oxygen atoms in total. The maximum Gasteiger partial charge on any atom is 0.369 e. The van der Waals surface area contributed by atoms with E-state index < -0.39 is 47.3 Å². The third-order valence-electron chi connectivity index (χ3n) is 4.73. The highest BCUT2D eigenvalue weighted by Crippen LogP contribution is 2.68. The zero-order valence-electron chi connectivity index (χ0n) is 18.6. The van der Waals surface area contributed by atoms with Gasteiger partial charge in [-0.25, -0.2) is 0 Å². The molecule has 17 heteroatoms. The summed E-state index contributed by atoms with van der Waals surface area (Å²) in [5, 5.41) is 4.33. The molecule has 0 fully saturated rings. The van der Waals surface area contributed by atoms with E-state index in [0.717, 1.165) is 11.1 Å². The van der Waals surface area contributed by atoms with Gasteiger partial charge >= 0.3 is 30.4 Å². The summed E-state index contributed by atoms with van der Waals surface area (Å²) in [6, 6.07) is 12.8. The molecule has 0 aliphatic rings. The lowest BCUT2D eigenvalue weighted by Crippen LogP contribution is -2.31. The number of aryl methyl sites for hydroxylation is 2. The Labute approximate surface area is 201 Å². The Hall–Kier alpha value is -1.00. The van der Waals surface area contributed by atoms with Crippen molar-refractivity contribution in [1.82, 2.24) is 0 Å². The molecule has 198 valence electrons. The van der Waals surface area contributed by atoms with Crippen LogP contribution in [0, 0.1) is 13.8 Å². The largest absolute Gasteiger partial charge is 0.369 e. The van der Waals surface area contributed by atoms with E-state index in [2.05, 4.69) is 0 Å². The molecule has 0 aromatic heterocycles. The Morgan fingerprint density at radius 1 is 0.686 bits per heavy atom. The highest BCUT2D eigenvalue weighted by atomic mass is 31.2. The van der Waals surface area contributed by atoms with Crippen LogP contribution in [-0.2, 0) is 31.1 Å². The van der Waals surface area contributed by atoms with Gasteiger partial charge in [0.2, 0.25) is 0 Å². The molecule has 2 rings (SSSR count). The number of hydrogen-bond donors (Lipinski definition) is 9. The molecule has 9 N–H and O–H groups in total. The van der Waals surface area contributed by atoms with Crippen molar-refractivity contribution < 1.29 is 62.5 Å². The van der Waals surface area contributed by atoms with Crippen molar-refractivity contribution in [2.75, 3.05) is 0 Å². The van der Waals surface area contributed by atoms with Crippen LogP contribution in [0.25, 0.3) is 0 Å². The average Bonchev–Trinajstić information content (AvgIpc) is 2.63. The molecular weight excluding hydrogens is 548 g/mol. The number of aliphatic hydroxyl groups is 1. The first kappa shape index (κ1) is 32.0. The normalized spacial score (nSPS) is 13.4. The van der Waals surface area contributed by atoms with Gasteiger partial charge in [-0.3, -0.25) is 18.3 Å². The lowest BCUT2D eigenvalue weighted by molar-refractivity contribution is 0.131. The minimum absolute atomic E-state index is 0.226. The molecule has 0 radical (unpaired) electrons. The molecular formula is C18H28O13P4. The summed E-state index contributed by atoms with van der Waals surface area (Å²) < 4.78 is 44.4. The summed E-state index contributed by atoms with van der Waals surface area (Å²) in [7, 11) is -20.5. The monoisotopic (exact) mass is 576 g/mol. The van der Waals surface area contributed by atoms with E-state index in [1.54, 1.807) is 50.2 Å². The lowest BCUT2D eigenvalue weighted by Gasteiger charge is -2.29. The van der Waals surface area contributed by atoms with Crippen molar-refractivity contribution >= 4 is 30.4 Å². The Morgan fingerprint density at radius 2 is 1.06 bits per heavy atom. The molecule has 0 bridgehead atoms. The van der Waals surface area contributed by atoms with Crippen molar-refractivity contribution in [3.05, 3.63) is 70.8 Å². The van der Waals surface area contributed by atoms with Gasteiger partial charge in [0, 0.05) is 6.42 Å². The second-order valence-electron chi connectivity index (χ2n) is 7.88. The van der Waals surface area contributed by atoms with Crippen molar-refractivity contribution in [3.8, 4) is 0 Å². The van der Waals surface area contributed by atoms with Crippen LogP contribution in [0.3, 0.4) is 0 Å². The SMILES string of the molecule is Cc1cccc(CC(O)(P(=O)(O)O)P(=O)(O)O)c1.Cc1cccc(CC(P(=O)(O)O)P(=O)(O)O)c1. The highest BCUT2D eigenvalue weighted by Gasteiger charge is 2.59. The van der Waals surface area contributed by atoms with Crippen LogP contribution in [-0.4, -0.2) is 54.7 Å². The van der Waals surface area contributed by atoms with Gasteiger partial charge in [0.05, 0.1) is 0 Å². The third-order valence-corrected chi connectivity index (χ3v) is 12.2. The van der Waals surface area contributed by atoms with E-state index in [1.165, 1.54) is 12.1 Å². The molecule has 2 aromatic carbocycles. The summed E-state index contributed by atoms with van der Waals surface area (Å²) in [6.07, 6.45) is -1.18. The number of rotatable bonds is 8. The fourth-order valence-electron chi connectivity index (χ4n) is 2.96. The van der Waals surface area contributed by atoms with Gasteiger partial charge in [0.15, 0.2) is 5.40 Å². The molecule has 0 aliphatic carbocycles. The molecule has 0 unspecified atom stereocenters. The van der Waals surface area contributed by atoms with Crippen LogP contribution < -0.4 is 0 Å². The van der Waals surface area contributed by atoms with Crippen LogP contribution in [0.1, 0.15) is 22.3 Å². The lowest BCUT2D eigenvalue weighted by atomic mass is 10.1. The summed E-state index contributed by atoms with van der Waals surface area (Å²) in [6.45, 7) is 3.49. The molecule has 0 saturated heterocycles. The smallest absolute Gasteiger partial charge is 0.367 e. The molecule has 0 aliphatic heterocycles. The summed E-state index contributed by atoms with van der Waals surface area (Å²) in [4.78, 5) is 71.7. The summed E-state index contributed by atoms with van der Waals surface area (Å²) >= 11 is 0. The van der Waals surface area contributed by atoms with Crippen LogP contribution in [0.4, 0.5) is 0 Å². The predicted molar refractivity (Wildman–Crippen MR) is 127 cm³/mol. The van der Waals surface area contributed by atoms with Gasteiger partial charge in [-0.05, 0) is 31.4 Å². The first-order valence-corrected chi connectivity index (χ1v) is 16.2. The number of hydrogen-bond acceptors (Lipinski definition) is 5. The van der Waals surface area contributed by atoms with E-state index >= 15 is 0 Å². The topological polar surface area (TPSA) is 250 Å². The van der Waals surface area contributed by atoms with Gasteiger partial charge in [0.25, 0.3) is 5.08 Å². The van der Waals surface area contributed by atoms with Crippen molar-refractivity contribution in [2.45, 2.75) is 37.2 Å². The predicted octanol–water partition coefficient (Wildman–Crippen LogP) is 1.76. The maximum atomic E-state index is 11.1. The Balaban J connectivity index is 0.000000351. The Kier molecular flexibility index (Phi) is 10.6. The average molecular weight is 576 g/mol. The van der Waals surface area contributed by atoms with E-state index in [9.17, 15) is 23.4 Å². The second kappa shape index (κ2) is 11.6. The summed E-state index contributed by atoms with van der Waals surface area (Å²) in [5.74, 6) is 0. The molecule has 0 amide bonds. The van der Waals surface area contributed by atoms with Crippen molar-refractivity contribution in [3.63, 3.8) is 0 Å². The molecule has 0 heterocycles. The molecule has 2 aromatic rings. The standard InChI is InChI=1S/C9H14O7P2.C9H14O6P2/c1-7-3-2-4-8(5-7)6-9(10,17(11,12)13)18(14,15)16;1-7-3-2-4-8(5-7)6-9(16(10,11)12)17(13,14)15/h2-5,10H,6H2,1H3,(H2,11,12,13)(H2,14,15,16);2-5,9H,6H2,1H3,(H2,10,11,12)(H2,13,14,15). The molecule has 0 atom stereocenters. The quantitative estimate of drug-likeness (QED) is 0.203. The van der Waals surface area contributed by atoms with Gasteiger partial charge in [0.1, 0.15) is 0 Å². The maximum absolute atomic E-state index is 11.1. The van der Waals surface area contributed by atoms with Crippen LogP contribution >= 0.6 is 30.4 Å². The first-order valence-electron chi connectivity index (χ1n) is 9.63. The van der Waals surface area contributed by atoms with Crippen LogP contribution in [0.15, 0.2) is 48.5 Å². The highest BCUT2D eigenvalue weighted by molar-refractivity contribution is 7.72. The van der Waals surface area contributed by atoms with E-state index in [4.69, 9.17) is 39.1 Å². The van der Waals surface area contributed by atoms with Gasteiger partial charge in [-0.1, -0.05) is 59.7 Å². The summed E-state index contributed by atoms with van der Waals surface area (Å²) in [5.41, 5.74) is 2.31. The zero-order chi connectivity index (χ0) is 27.5. The van der Waals surface area contributed by atoms with Gasteiger partial charge in [-0.15, -0.1) is 0 Å². The number of benzene rings is 2. The molecule has 0 saturated carbocycles. The van der Waals surface area contributed by atoms with E-state index in [-0.39, 0.29) is 12.0 Å². The Bertz CT molecular complexity index is 1160. The van der Waals surface area contributed by atoms with E-state index in [0.29, 0.717) is 5.56 Å². The van der Waals surface area contributed by atoms with Crippen LogP contribution in [0.5, 0.6) is 0 Å². The van der Waals surface area contributed by atoms with Crippen LogP contribution in [0.2, 0.25) is 0 Å². The minimum atomic E-state index is -5.40. The fraction of sp³-hybridized carbons (Fsp3) is 0.333. The zero-order valence-corrected chi connectivity index (χ0v) is 22.1.